The van der Waals surface area contributed by atoms with Crippen LogP contribution >= 0.6 is 0 Å². The van der Waals surface area contributed by atoms with Crippen LogP contribution in [0.1, 0.15) is 61.5 Å². The number of ether oxygens (including phenoxy) is 1. The molecule has 0 bridgehead atoms. The van der Waals surface area contributed by atoms with Gasteiger partial charge in [0.1, 0.15) is 11.5 Å². The third-order valence-corrected chi connectivity index (χ3v) is 5.62. The van der Waals surface area contributed by atoms with Crippen LogP contribution in [-0.2, 0) is 0 Å². The van der Waals surface area contributed by atoms with Crippen molar-refractivity contribution in [2.45, 2.75) is 57.5 Å². The van der Waals surface area contributed by atoms with E-state index in [9.17, 15) is 22.4 Å². The minimum atomic E-state index is -2.76. The van der Waals surface area contributed by atoms with Crippen LogP contribution in [0.4, 0.5) is 23.2 Å². The van der Waals surface area contributed by atoms with E-state index in [4.69, 9.17) is 4.74 Å². The van der Waals surface area contributed by atoms with E-state index in [1.54, 1.807) is 13.8 Å². The van der Waals surface area contributed by atoms with Crippen molar-refractivity contribution in [3.05, 3.63) is 59.8 Å². The molecule has 3 heterocycles. The van der Waals surface area contributed by atoms with Crippen molar-refractivity contribution < 1.29 is 27.1 Å². The van der Waals surface area contributed by atoms with Gasteiger partial charge in [0, 0.05) is 49.0 Å². The Morgan fingerprint density at radius 3 is 2.40 bits per heavy atom. The average molecular weight is 489 g/mol. The molecule has 0 aromatic carbocycles. The molecule has 0 spiro atoms. The van der Waals surface area contributed by atoms with E-state index >= 15 is 0 Å². The first-order valence-electron chi connectivity index (χ1n) is 11.1. The summed E-state index contributed by atoms with van der Waals surface area (Å²) in [4.78, 5) is 29.3. The number of pyridine rings is 2. The van der Waals surface area contributed by atoms with Crippen molar-refractivity contribution in [2.24, 2.45) is 0 Å². The summed E-state index contributed by atoms with van der Waals surface area (Å²) in [5.74, 6) is -5.58. The van der Waals surface area contributed by atoms with Gasteiger partial charge in [-0.2, -0.15) is 0 Å². The van der Waals surface area contributed by atoms with E-state index in [0.29, 0.717) is 11.8 Å². The molecule has 1 aliphatic rings. The smallest absolute Gasteiger partial charge is 0.316 e. The maximum atomic E-state index is 14.6. The fourth-order valence-corrected chi connectivity index (χ4v) is 3.93. The third-order valence-electron chi connectivity index (χ3n) is 5.62. The molecule has 7 nitrogen and oxygen atoms in total. The molecule has 1 aliphatic carbocycles. The minimum Gasteiger partial charge on any atom is -0.461 e. The Kier molecular flexibility index (Phi) is 6.95. The summed E-state index contributed by atoms with van der Waals surface area (Å²) < 4.78 is 61.0. The van der Waals surface area contributed by atoms with Crippen LogP contribution in [0.3, 0.4) is 0 Å². The lowest BCUT2D eigenvalue weighted by Crippen LogP contribution is -2.25. The molecule has 0 radical (unpaired) electrons. The molecule has 4 rings (SSSR count). The standard InChI is InChI=1S/C24H23F4N5O2/c1-13(2)35-23-31-10-15(11-32-23)22(34)33-21-17(20-18(26)9-16(25)12-30-20)5-8-29-19(21)14-3-6-24(27,28)7-4-14/h5,8-14H,3-4,6-7H2,1-2H3,(H,33,34). The third kappa shape index (κ3) is 5.72. The molecule has 0 saturated heterocycles. The van der Waals surface area contributed by atoms with Gasteiger partial charge in [0.05, 0.1) is 29.2 Å². The number of alkyl halides is 2. The van der Waals surface area contributed by atoms with Gasteiger partial charge in [0.25, 0.3) is 5.91 Å². The Balaban J connectivity index is 1.72. The number of hydrogen-bond donors (Lipinski definition) is 1. The van der Waals surface area contributed by atoms with Gasteiger partial charge < -0.3 is 10.1 Å². The zero-order valence-corrected chi connectivity index (χ0v) is 19.1. The van der Waals surface area contributed by atoms with Crippen molar-refractivity contribution in [1.29, 1.82) is 0 Å². The number of carbonyl (C=O) groups excluding carboxylic acids is 1. The van der Waals surface area contributed by atoms with E-state index in [0.717, 1.165) is 6.20 Å². The molecule has 1 amide bonds. The second kappa shape index (κ2) is 9.93. The number of nitrogens with zero attached hydrogens (tertiary/aromatic N) is 4. The van der Waals surface area contributed by atoms with Crippen LogP contribution in [0.15, 0.2) is 36.9 Å². The first kappa shape index (κ1) is 24.5. The molecule has 1 N–H and O–H groups in total. The van der Waals surface area contributed by atoms with Crippen molar-refractivity contribution in [1.82, 2.24) is 19.9 Å². The molecule has 3 aromatic rings. The molecular weight excluding hydrogens is 466 g/mol. The second-order valence-electron chi connectivity index (χ2n) is 8.61. The van der Waals surface area contributed by atoms with Crippen molar-refractivity contribution in [2.75, 3.05) is 5.32 Å². The number of anilines is 1. The molecule has 0 atom stereocenters. The average Bonchev–Trinajstić information content (AvgIpc) is 2.80. The number of hydrogen-bond acceptors (Lipinski definition) is 6. The zero-order chi connectivity index (χ0) is 25.2. The van der Waals surface area contributed by atoms with Crippen LogP contribution in [0.2, 0.25) is 0 Å². The summed E-state index contributed by atoms with van der Waals surface area (Å²) in [5.41, 5.74) is 0.484. The predicted octanol–water partition coefficient (Wildman–Crippen LogP) is 5.54. The van der Waals surface area contributed by atoms with Crippen LogP contribution in [0.25, 0.3) is 11.3 Å². The number of rotatable bonds is 6. The molecule has 184 valence electrons. The monoisotopic (exact) mass is 489 g/mol. The first-order chi connectivity index (χ1) is 16.6. The Hall–Kier alpha value is -3.63. The van der Waals surface area contributed by atoms with E-state index < -0.39 is 29.4 Å². The number of carbonyl (C=O) groups is 1. The Labute approximate surface area is 199 Å². The number of nitrogens with one attached hydrogen (secondary N) is 1. The van der Waals surface area contributed by atoms with Crippen molar-refractivity contribution >= 4 is 11.6 Å². The lowest BCUT2D eigenvalue weighted by molar-refractivity contribution is -0.0384. The lowest BCUT2D eigenvalue weighted by Gasteiger charge is -2.29. The topological polar surface area (TPSA) is 89.9 Å². The Morgan fingerprint density at radius 2 is 1.77 bits per heavy atom. The van der Waals surface area contributed by atoms with Crippen LogP contribution in [-0.4, -0.2) is 37.9 Å². The van der Waals surface area contributed by atoms with Gasteiger partial charge in [0.15, 0.2) is 5.82 Å². The van der Waals surface area contributed by atoms with Gasteiger partial charge in [0.2, 0.25) is 5.92 Å². The molecule has 1 saturated carbocycles. The molecule has 11 heteroatoms. The van der Waals surface area contributed by atoms with E-state index in [-0.39, 0.29) is 60.3 Å². The molecule has 1 fully saturated rings. The fourth-order valence-electron chi connectivity index (χ4n) is 3.93. The van der Waals surface area contributed by atoms with E-state index in [2.05, 4.69) is 25.3 Å². The fraction of sp³-hybridized carbons (Fsp3) is 0.375. The van der Waals surface area contributed by atoms with Crippen LogP contribution in [0.5, 0.6) is 6.01 Å². The van der Waals surface area contributed by atoms with E-state index in [1.807, 2.05) is 0 Å². The summed E-state index contributed by atoms with van der Waals surface area (Å²) >= 11 is 0. The van der Waals surface area contributed by atoms with Gasteiger partial charge in [-0.15, -0.1) is 0 Å². The highest BCUT2D eigenvalue weighted by Gasteiger charge is 2.37. The highest BCUT2D eigenvalue weighted by molar-refractivity contribution is 6.06. The molecule has 3 aromatic heterocycles. The number of amides is 1. The van der Waals surface area contributed by atoms with Crippen molar-refractivity contribution in [3.63, 3.8) is 0 Å². The van der Waals surface area contributed by atoms with Gasteiger partial charge in [-0.1, -0.05) is 0 Å². The molecule has 0 aliphatic heterocycles. The van der Waals surface area contributed by atoms with Crippen LogP contribution < -0.4 is 10.1 Å². The lowest BCUT2D eigenvalue weighted by atomic mass is 9.83. The van der Waals surface area contributed by atoms with Crippen molar-refractivity contribution in [3.8, 4) is 17.3 Å². The summed E-state index contributed by atoms with van der Waals surface area (Å²) in [6.45, 7) is 3.61. The van der Waals surface area contributed by atoms with Crippen LogP contribution in [0, 0.1) is 11.6 Å². The normalized spacial score (nSPS) is 15.7. The largest absolute Gasteiger partial charge is 0.461 e. The van der Waals surface area contributed by atoms with Gasteiger partial charge in [-0.25, -0.2) is 27.5 Å². The Bertz CT molecular complexity index is 1210. The SMILES string of the molecule is CC(C)Oc1ncc(C(=O)Nc2c(-c3ncc(F)cc3F)ccnc2C2CCC(F)(F)CC2)cn1. The predicted molar refractivity (Wildman–Crippen MR) is 119 cm³/mol. The van der Waals surface area contributed by atoms with E-state index in [1.165, 1.54) is 24.7 Å². The Morgan fingerprint density at radius 1 is 1.09 bits per heavy atom. The zero-order valence-electron chi connectivity index (χ0n) is 19.1. The molecule has 0 unspecified atom stereocenters. The highest BCUT2D eigenvalue weighted by Crippen LogP contribution is 2.44. The maximum absolute atomic E-state index is 14.6. The minimum absolute atomic E-state index is 0.0876. The number of halogens is 4. The highest BCUT2D eigenvalue weighted by atomic mass is 19.3. The first-order valence-corrected chi connectivity index (χ1v) is 11.1. The number of aromatic nitrogens is 4. The summed E-state index contributed by atoms with van der Waals surface area (Å²) in [7, 11) is 0. The van der Waals surface area contributed by atoms with Gasteiger partial charge in [-0.05, 0) is 32.8 Å². The van der Waals surface area contributed by atoms with Gasteiger partial charge >= 0.3 is 6.01 Å². The quantitative estimate of drug-likeness (QED) is 0.457. The molecule has 35 heavy (non-hydrogen) atoms. The maximum Gasteiger partial charge on any atom is 0.316 e. The summed E-state index contributed by atoms with van der Waals surface area (Å²) in [5, 5.41) is 2.70. The second-order valence-corrected chi connectivity index (χ2v) is 8.61. The summed E-state index contributed by atoms with van der Waals surface area (Å²) in [6, 6.07) is 2.20. The summed E-state index contributed by atoms with van der Waals surface area (Å²) in [6.07, 6.45) is 4.24. The molecular formula is C24H23F4N5O2. The van der Waals surface area contributed by atoms with Gasteiger partial charge in [-0.3, -0.25) is 14.8 Å².